The number of piperidine rings is 1. The summed E-state index contributed by atoms with van der Waals surface area (Å²) in [5.74, 6) is -0.894. The minimum absolute atomic E-state index is 0.118. The fourth-order valence-electron chi connectivity index (χ4n) is 1.97. The third kappa shape index (κ3) is 3.03. The van der Waals surface area contributed by atoms with Crippen molar-refractivity contribution in [3.05, 3.63) is 11.9 Å². The molecule has 2 heterocycles. The predicted octanol–water partition coefficient (Wildman–Crippen LogP) is 0.349. The van der Waals surface area contributed by atoms with Crippen molar-refractivity contribution in [3.63, 3.8) is 0 Å². The molecular formula is C10H16N4O2. The zero-order valence-electron chi connectivity index (χ0n) is 9.17. The number of rotatable bonds is 4. The Labute approximate surface area is 93.9 Å². The highest BCUT2D eigenvalue weighted by atomic mass is 16.4. The first kappa shape index (κ1) is 11.1. The predicted molar refractivity (Wildman–Crippen MR) is 56.8 cm³/mol. The summed E-state index contributed by atoms with van der Waals surface area (Å²) >= 11 is 0. The van der Waals surface area contributed by atoms with E-state index < -0.39 is 5.97 Å². The standard InChI is InChI=1S/C10H16N4O2/c15-10(16)8-14-7-9(11-12-14)6-13-4-2-1-3-5-13/h7H,1-6,8H2,(H,15,16). The highest BCUT2D eigenvalue weighted by molar-refractivity contribution is 5.66. The summed E-state index contributed by atoms with van der Waals surface area (Å²) < 4.78 is 1.36. The van der Waals surface area contributed by atoms with Crippen molar-refractivity contribution < 1.29 is 9.90 Å². The summed E-state index contributed by atoms with van der Waals surface area (Å²) in [6, 6.07) is 0. The van der Waals surface area contributed by atoms with Gasteiger partial charge in [0.25, 0.3) is 0 Å². The monoisotopic (exact) mass is 224 g/mol. The molecule has 16 heavy (non-hydrogen) atoms. The van der Waals surface area contributed by atoms with Gasteiger partial charge in [0.1, 0.15) is 6.54 Å². The molecule has 0 amide bonds. The summed E-state index contributed by atoms with van der Waals surface area (Å²) in [4.78, 5) is 12.8. The molecule has 0 aromatic carbocycles. The molecule has 1 aromatic heterocycles. The maximum atomic E-state index is 10.5. The fraction of sp³-hybridized carbons (Fsp3) is 0.700. The number of nitrogens with zero attached hydrogens (tertiary/aromatic N) is 4. The van der Waals surface area contributed by atoms with Crippen molar-refractivity contribution >= 4 is 5.97 Å². The summed E-state index contributed by atoms with van der Waals surface area (Å²) in [5, 5.41) is 16.4. The molecule has 6 heteroatoms. The lowest BCUT2D eigenvalue weighted by Crippen LogP contribution is -2.29. The number of carboxylic acids is 1. The van der Waals surface area contributed by atoms with Gasteiger partial charge in [-0.1, -0.05) is 11.6 Å². The number of likely N-dealkylation sites (tertiary alicyclic amines) is 1. The largest absolute Gasteiger partial charge is 0.480 e. The molecule has 0 bridgehead atoms. The second kappa shape index (κ2) is 5.07. The SMILES string of the molecule is O=C(O)Cn1cc(CN2CCCCC2)nn1. The van der Waals surface area contributed by atoms with Crippen LogP contribution in [0.4, 0.5) is 0 Å². The number of hydrogen-bond acceptors (Lipinski definition) is 4. The Hall–Kier alpha value is -1.43. The van der Waals surface area contributed by atoms with Crippen molar-refractivity contribution in [2.45, 2.75) is 32.4 Å². The van der Waals surface area contributed by atoms with Crippen molar-refractivity contribution in [2.24, 2.45) is 0 Å². The third-order valence-corrected chi connectivity index (χ3v) is 2.72. The van der Waals surface area contributed by atoms with Crippen LogP contribution in [-0.2, 0) is 17.9 Å². The Balaban J connectivity index is 1.88. The number of carbonyl (C=O) groups is 1. The van der Waals surface area contributed by atoms with E-state index in [4.69, 9.17) is 5.11 Å². The quantitative estimate of drug-likeness (QED) is 0.799. The summed E-state index contributed by atoms with van der Waals surface area (Å²) in [7, 11) is 0. The summed E-state index contributed by atoms with van der Waals surface area (Å²) in [6.07, 6.45) is 5.50. The molecule has 0 radical (unpaired) electrons. The first-order valence-corrected chi connectivity index (χ1v) is 5.57. The van der Waals surface area contributed by atoms with Gasteiger partial charge >= 0.3 is 5.97 Å². The Bertz CT molecular complexity index is 357. The van der Waals surface area contributed by atoms with Gasteiger partial charge in [0.05, 0.1) is 11.9 Å². The molecule has 1 saturated heterocycles. The lowest BCUT2D eigenvalue weighted by atomic mass is 10.1. The average Bonchev–Trinajstić information content (AvgIpc) is 2.66. The second-order valence-corrected chi connectivity index (χ2v) is 4.14. The van der Waals surface area contributed by atoms with Crippen LogP contribution in [0, 0.1) is 0 Å². The first-order chi connectivity index (χ1) is 7.74. The Morgan fingerprint density at radius 3 is 2.81 bits per heavy atom. The molecule has 1 fully saturated rings. The van der Waals surface area contributed by atoms with Crippen LogP contribution in [0.5, 0.6) is 0 Å². The maximum absolute atomic E-state index is 10.5. The van der Waals surface area contributed by atoms with E-state index in [2.05, 4.69) is 15.2 Å². The van der Waals surface area contributed by atoms with Crippen LogP contribution < -0.4 is 0 Å². The fourth-order valence-corrected chi connectivity index (χ4v) is 1.97. The smallest absolute Gasteiger partial charge is 0.325 e. The molecule has 0 atom stereocenters. The van der Waals surface area contributed by atoms with Crippen molar-refractivity contribution in [1.29, 1.82) is 0 Å². The molecule has 1 aliphatic heterocycles. The number of aromatic nitrogens is 3. The van der Waals surface area contributed by atoms with Gasteiger partial charge in [0.2, 0.25) is 0 Å². The van der Waals surface area contributed by atoms with E-state index in [0.717, 1.165) is 25.3 Å². The molecule has 0 saturated carbocycles. The van der Waals surface area contributed by atoms with Gasteiger partial charge in [-0.05, 0) is 25.9 Å². The number of aliphatic carboxylic acids is 1. The molecule has 2 rings (SSSR count). The number of hydrogen-bond donors (Lipinski definition) is 1. The van der Waals surface area contributed by atoms with Gasteiger partial charge in [-0.3, -0.25) is 9.69 Å². The van der Waals surface area contributed by atoms with E-state index in [1.807, 2.05) is 0 Å². The lowest BCUT2D eigenvalue weighted by Gasteiger charge is -2.25. The Kier molecular flexibility index (Phi) is 3.51. The van der Waals surface area contributed by atoms with E-state index in [0.29, 0.717) is 0 Å². The van der Waals surface area contributed by atoms with Gasteiger partial charge < -0.3 is 5.11 Å². The highest BCUT2D eigenvalue weighted by Crippen LogP contribution is 2.11. The van der Waals surface area contributed by atoms with E-state index in [9.17, 15) is 4.79 Å². The maximum Gasteiger partial charge on any atom is 0.325 e. The van der Waals surface area contributed by atoms with Gasteiger partial charge in [-0.25, -0.2) is 4.68 Å². The van der Waals surface area contributed by atoms with Gasteiger partial charge in [0.15, 0.2) is 0 Å². The molecule has 88 valence electrons. The highest BCUT2D eigenvalue weighted by Gasteiger charge is 2.12. The van der Waals surface area contributed by atoms with Crippen LogP contribution >= 0.6 is 0 Å². The van der Waals surface area contributed by atoms with Crippen LogP contribution in [0.1, 0.15) is 25.0 Å². The summed E-state index contributed by atoms with van der Waals surface area (Å²) in [6.45, 7) is 2.87. The van der Waals surface area contributed by atoms with E-state index in [1.165, 1.54) is 23.9 Å². The van der Waals surface area contributed by atoms with Gasteiger partial charge in [-0.15, -0.1) is 5.10 Å². The molecule has 0 unspecified atom stereocenters. The zero-order valence-corrected chi connectivity index (χ0v) is 9.17. The Morgan fingerprint density at radius 2 is 2.12 bits per heavy atom. The van der Waals surface area contributed by atoms with Crippen molar-refractivity contribution in [1.82, 2.24) is 19.9 Å². The molecule has 1 aliphatic rings. The van der Waals surface area contributed by atoms with Crippen LogP contribution in [-0.4, -0.2) is 44.1 Å². The normalized spacial score (nSPS) is 17.5. The molecule has 6 nitrogen and oxygen atoms in total. The van der Waals surface area contributed by atoms with Crippen LogP contribution in [0.3, 0.4) is 0 Å². The minimum atomic E-state index is -0.894. The summed E-state index contributed by atoms with van der Waals surface area (Å²) in [5.41, 5.74) is 0.850. The van der Waals surface area contributed by atoms with E-state index in [-0.39, 0.29) is 6.54 Å². The van der Waals surface area contributed by atoms with E-state index >= 15 is 0 Å². The molecule has 0 aliphatic carbocycles. The van der Waals surface area contributed by atoms with Crippen molar-refractivity contribution in [3.8, 4) is 0 Å². The van der Waals surface area contributed by atoms with Crippen LogP contribution in [0.2, 0.25) is 0 Å². The second-order valence-electron chi connectivity index (χ2n) is 4.14. The molecular weight excluding hydrogens is 208 g/mol. The topological polar surface area (TPSA) is 71.2 Å². The Morgan fingerprint density at radius 1 is 1.38 bits per heavy atom. The zero-order chi connectivity index (χ0) is 11.4. The third-order valence-electron chi connectivity index (χ3n) is 2.72. The average molecular weight is 224 g/mol. The lowest BCUT2D eigenvalue weighted by molar-refractivity contribution is -0.137. The minimum Gasteiger partial charge on any atom is -0.480 e. The van der Waals surface area contributed by atoms with Crippen LogP contribution in [0.15, 0.2) is 6.20 Å². The van der Waals surface area contributed by atoms with E-state index in [1.54, 1.807) is 6.20 Å². The first-order valence-electron chi connectivity index (χ1n) is 5.57. The molecule has 1 N–H and O–H groups in total. The number of carboxylic acid groups (broad SMARTS) is 1. The molecule has 0 spiro atoms. The van der Waals surface area contributed by atoms with Crippen LogP contribution in [0.25, 0.3) is 0 Å². The van der Waals surface area contributed by atoms with Crippen molar-refractivity contribution in [2.75, 3.05) is 13.1 Å². The van der Waals surface area contributed by atoms with Gasteiger partial charge in [-0.2, -0.15) is 0 Å². The molecule has 1 aromatic rings. The van der Waals surface area contributed by atoms with Gasteiger partial charge in [0, 0.05) is 6.54 Å².